The summed E-state index contributed by atoms with van der Waals surface area (Å²) in [4.78, 5) is 20.1. The van der Waals surface area contributed by atoms with Crippen molar-refractivity contribution in [3.05, 3.63) is 23.3 Å². The molecule has 1 aromatic heterocycles. The number of ether oxygens (including phenoxy) is 1. The van der Waals surface area contributed by atoms with Gasteiger partial charge in [0.05, 0.1) is 17.9 Å². The number of hydrogen-bond donors (Lipinski definition) is 2. The van der Waals surface area contributed by atoms with Gasteiger partial charge in [-0.15, -0.1) is 0 Å². The van der Waals surface area contributed by atoms with E-state index in [1.165, 1.54) is 6.20 Å². The Kier molecular flexibility index (Phi) is 3.58. The van der Waals surface area contributed by atoms with Crippen LogP contribution in [-0.4, -0.2) is 46.3 Å². The van der Waals surface area contributed by atoms with E-state index in [-0.39, 0.29) is 19.1 Å². The van der Waals surface area contributed by atoms with Crippen LogP contribution in [0.25, 0.3) is 0 Å². The second-order valence-corrected chi connectivity index (χ2v) is 4.63. The number of nitrogens with one attached hydrogen (secondary N) is 1. The van der Waals surface area contributed by atoms with E-state index in [4.69, 9.17) is 4.74 Å². The third-order valence-electron chi connectivity index (χ3n) is 3.00. The highest BCUT2D eigenvalue weighted by Crippen LogP contribution is 2.17. The minimum Gasteiger partial charge on any atom is -0.386 e. The highest BCUT2D eigenvalue weighted by atomic mass is 16.5. The number of rotatable bonds is 3. The molecule has 2 N–H and O–H groups in total. The molecule has 0 aliphatic carbocycles. The summed E-state index contributed by atoms with van der Waals surface area (Å²) in [7, 11) is 0. The van der Waals surface area contributed by atoms with Crippen LogP contribution >= 0.6 is 0 Å². The highest BCUT2D eigenvalue weighted by molar-refractivity contribution is 5.94. The summed E-state index contributed by atoms with van der Waals surface area (Å²) in [5.74, 6) is 0.361. The van der Waals surface area contributed by atoms with Gasteiger partial charge in [0.1, 0.15) is 11.4 Å². The van der Waals surface area contributed by atoms with Gasteiger partial charge in [0.2, 0.25) is 0 Å². The highest BCUT2D eigenvalue weighted by Gasteiger charge is 2.32. The van der Waals surface area contributed by atoms with E-state index < -0.39 is 5.60 Å². The van der Waals surface area contributed by atoms with Crippen molar-refractivity contribution in [3.63, 3.8) is 0 Å². The first-order valence-corrected chi connectivity index (χ1v) is 5.89. The van der Waals surface area contributed by atoms with Crippen LogP contribution in [0.3, 0.4) is 0 Å². The van der Waals surface area contributed by atoms with Crippen molar-refractivity contribution in [1.82, 2.24) is 15.3 Å². The zero-order chi connectivity index (χ0) is 13.2. The average Bonchev–Trinajstić information content (AvgIpc) is 2.74. The lowest BCUT2D eigenvalue weighted by atomic mass is 10.0. The number of carbonyl (C=O) groups is 1. The lowest BCUT2D eigenvalue weighted by Crippen LogP contribution is -2.43. The molecule has 6 heteroatoms. The maximum Gasteiger partial charge on any atom is 0.254 e. The summed E-state index contributed by atoms with van der Waals surface area (Å²) in [6.45, 7) is 4.50. The van der Waals surface area contributed by atoms with Crippen molar-refractivity contribution in [2.45, 2.75) is 25.9 Å². The van der Waals surface area contributed by atoms with Gasteiger partial charge in [-0.2, -0.15) is 0 Å². The molecule has 1 amide bonds. The Hall–Kier alpha value is -1.53. The van der Waals surface area contributed by atoms with Gasteiger partial charge >= 0.3 is 0 Å². The Labute approximate surface area is 105 Å². The Morgan fingerprint density at radius 3 is 3.00 bits per heavy atom. The fraction of sp³-hybridized carbons (Fsp3) is 0.583. The molecule has 1 aliphatic rings. The summed E-state index contributed by atoms with van der Waals surface area (Å²) in [5.41, 5.74) is 0.118. The number of aliphatic hydroxyl groups is 1. The minimum absolute atomic E-state index is 0.180. The fourth-order valence-corrected chi connectivity index (χ4v) is 1.88. The summed E-state index contributed by atoms with van der Waals surface area (Å²) in [5, 5.41) is 12.7. The molecule has 0 spiro atoms. The fourth-order valence-electron chi connectivity index (χ4n) is 1.88. The lowest BCUT2D eigenvalue weighted by Gasteiger charge is -2.20. The number of hydrogen-bond acceptors (Lipinski definition) is 5. The Morgan fingerprint density at radius 2 is 2.39 bits per heavy atom. The molecule has 1 aliphatic heterocycles. The first-order valence-electron chi connectivity index (χ1n) is 5.89. The zero-order valence-corrected chi connectivity index (χ0v) is 10.6. The van der Waals surface area contributed by atoms with E-state index in [2.05, 4.69) is 15.3 Å². The molecular weight excluding hydrogens is 234 g/mol. The van der Waals surface area contributed by atoms with Crippen LogP contribution in [0.5, 0.6) is 0 Å². The number of aromatic nitrogens is 2. The van der Waals surface area contributed by atoms with E-state index in [1.807, 2.05) is 0 Å². The predicted octanol–water partition coefficient (Wildman–Crippen LogP) is -0.0254. The summed E-state index contributed by atoms with van der Waals surface area (Å²) >= 11 is 0. The number of amides is 1. The lowest BCUT2D eigenvalue weighted by molar-refractivity contribution is 0.0264. The Morgan fingerprint density at radius 1 is 1.61 bits per heavy atom. The topological polar surface area (TPSA) is 84.3 Å². The van der Waals surface area contributed by atoms with E-state index in [0.29, 0.717) is 30.1 Å². The Bertz CT molecular complexity index is 456. The van der Waals surface area contributed by atoms with Gasteiger partial charge in [-0.1, -0.05) is 0 Å². The third-order valence-corrected chi connectivity index (χ3v) is 3.00. The van der Waals surface area contributed by atoms with Crippen LogP contribution in [0.2, 0.25) is 0 Å². The molecule has 2 rings (SSSR count). The molecule has 1 fully saturated rings. The molecular formula is C12H17N3O3. The van der Waals surface area contributed by atoms with Crippen LogP contribution in [-0.2, 0) is 4.74 Å². The largest absolute Gasteiger partial charge is 0.386 e. The molecule has 98 valence electrons. The summed E-state index contributed by atoms with van der Waals surface area (Å²) < 4.78 is 5.11. The van der Waals surface area contributed by atoms with Gasteiger partial charge in [-0.3, -0.25) is 4.79 Å². The molecule has 1 aromatic rings. The first-order chi connectivity index (χ1) is 8.50. The van der Waals surface area contributed by atoms with Gasteiger partial charge in [-0.05, 0) is 13.8 Å². The smallest absolute Gasteiger partial charge is 0.254 e. The first kappa shape index (κ1) is 12.9. The standard InChI is InChI=1S/C12H17N3O3/c1-8-10(5-13-9(2)15-8)11(16)14-6-12(17)3-4-18-7-12/h5,17H,3-4,6-7H2,1-2H3,(H,14,16). The molecule has 0 aromatic carbocycles. The van der Waals surface area contributed by atoms with Gasteiger partial charge in [-0.25, -0.2) is 9.97 Å². The van der Waals surface area contributed by atoms with Crippen molar-refractivity contribution in [2.24, 2.45) is 0 Å². The SMILES string of the molecule is Cc1ncc(C(=O)NCC2(O)CCOC2)c(C)n1. The van der Waals surface area contributed by atoms with Crippen molar-refractivity contribution >= 4 is 5.91 Å². The van der Waals surface area contributed by atoms with Crippen molar-refractivity contribution < 1.29 is 14.6 Å². The molecule has 0 radical (unpaired) electrons. The monoisotopic (exact) mass is 251 g/mol. The third kappa shape index (κ3) is 2.83. The van der Waals surface area contributed by atoms with Crippen molar-refractivity contribution in [1.29, 1.82) is 0 Å². The molecule has 2 heterocycles. The van der Waals surface area contributed by atoms with Gasteiger partial charge in [0, 0.05) is 25.8 Å². The van der Waals surface area contributed by atoms with Crippen LogP contribution in [0.1, 0.15) is 28.3 Å². The molecule has 0 saturated carbocycles. The zero-order valence-electron chi connectivity index (χ0n) is 10.6. The number of nitrogens with zero attached hydrogens (tertiary/aromatic N) is 2. The quantitative estimate of drug-likeness (QED) is 0.788. The summed E-state index contributed by atoms with van der Waals surface area (Å²) in [6, 6.07) is 0. The second-order valence-electron chi connectivity index (χ2n) is 4.63. The maximum absolute atomic E-state index is 11.9. The molecule has 0 bridgehead atoms. The van der Waals surface area contributed by atoms with Crippen LogP contribution in [0.15, 0.2) is 6.20 Å². The van der Waals surface area contributed by atoms with Crippen molar-refractivity contribution in [2.75, 3.05) is 19.8 Å². The number of carbonyl (C=O) groups excluding carboxylic acids is 1. The normalized spacial score (nSPS) is 23.1. The van der Waals surface area contributed by atoms with E-state index >= 15 is 0 Å². The van der Waals surface area contributed by atoms with Crippen molar-refractivity contribution in [3.8, 4) is 0 Å². The maximum atomic E-state index is 11.9. The molecule has 6 nitrogen and oxygen atoms in total. The molecule has 1 atom stereocenters. The Balaban J connectivity index is 1.99. The van der Waals surface area contributed by atoms with Crippen LogP contribution in [0.4, 0.5) is 0 Å². The second kappa shape index (κ2) is 4.99. The van der Waals surface area contributed by atoms with Gasteiger partial charge in [0.15, 0.2) is 0 Å². The average molecular weight is 251 g/mol. The predicted molar refractivity (Wildman–Crippen MR) is 64.2 cm³/mol. The van der Waals surface area contributed by atoms with E-state index in [1.54, 1.807) is 13.8 Å². The van der Waals surface area contributed by atoms with Crippen LogP contribution < -0.4 is 5.32 Å². The molecule has 18 heavy (non-hydrogen) atoms. The molecule has 1 saturated heterocycles. The number of aryl methyl sites for hydroxylation is 2. The van der Waals surface area contributed by atoms with Crippen LogP contribution in [0, 0.1) is 13.8 Å². The van der Waals surface area contributed by atoms with E-state index in [9.17, 15) is 9.90 Å². The molecule has 1 unspecified atom stereocenters. The van der Waals surface area contributed by atoms with Gasteiger partial charge in [0.25, 0.3) is 5.91 Å². The van der Waals surface area contributed by atoms with Gasteiger partial charge < -0.3 is 15.2 Å². The van der Waals surface area contributed by atoms with E-state index in [0.717, 1.165) is 0 Å². The minimum atomic E-state index is -0.949. The summed E-state index contributed by atoms with van der Waals surface area (Å²) in [6.07, 6.45) is 2.04.